The second-order valence-electron chi connectivity index (χ2n) is 20.7. The van der Waals surface area contributed by atoms with E-state index in [2.05, 4.69) is 37.2 Å². The van der Waals surface area contributed by atoms with E-state index < -0.39 is 102 Å². The molecule has 0 radical (unpaired) electrons. The van der Waals surface area contributed by atoms with Crippen LogP contribution in [-0.4, -0.2) is 126 Å². The summed E-state index contributed by atoms with van der Waals surface area (Å²) in [6.07, 6.45) is 0.625. The number of likely N-dealkylation sites (tertiary alicyclic amines) is 1. The van der Waals surface area contributed by atoms with Crippen molar-refractivity contribution in [3.63, 3.8) is 0 Å². The highest BCUT2D eigenvalue weighted by Crippen LogP contribution is 2.21. The third kappa shape index (κ3) is 21.1. The molecule has 7 atom stereocenters. The number of esters is 1. The van der Waals surface area contributed by atoms with Crippen LogP contribution in [-0.2, 0) is 47.8 Å². The van der Waals surface area contributed by atoms with E-state index in [1.165, 1.54) is 12.0 Å². The SMILES string of the molecule is COC(=O)[C@@H](NC(=O)[C@@H](NC(=O)C[C@H](CC(C)C)NC(=O)CNC(=O)[C@H]1CCCN1C(=O)C[C@H](NC(=O)[C@@H](NC(=O)[C@H](CC(C)C)NC(=O)OC(C)(C)C)C(C)C)C(C)C)C(C)C)C(C)C. The zero-order valence-electron chi connectivity index (χ0n) is 42.6. The van der Waals surface area contributed by atoms with Crippen molar-refractivity contribution in [1.82, 2.24) is 42.1 Å². The Balaban J connectivity index is 2.98. The van der Waals surface area contributed by atoms with Crippen LogP contribution in [0.15, 0.2) is 0 Å². The summed E-state index contributed by atoms with van der Waals surface area (Å²) in [5.74, 6) is -5.12. The molecule has 378 valence electrons. The molecule has 1 aliphatic rings. The van der Waals surface area contributed by atoms with Crippen LogP contribution < -0.4 is 37.2 Å². The number of alkyl carbamates (subject to hydrolysis) is 1. The summed E-state index contributed by atoms with van der Waals surface area (Å²) >= 11 is 0. The van der Waals surface area contributed by atoms with E-state index in [9.17, 15) is 43.2 Å². The summed E-state index contributed by atoms with van der Waals surface area (Å²) in [5, 5.41) is 19.3. The molecule has 66 heavy (non-hydrogen) atoms. The summed E-state index contributed by atoms with van der Waals surface area (Å²) < 4.78 is 10.2. The van der Waals surface area contributed by atoms with Gasteiger partial charge in [-0.3, -0.25) is 33.6 Å². The van der Waals surface area contributed by atoms with Crippen LogP contribution in [0.2, 0.25) is 0 Å². The number of nitrogens with one attached hydrogen (secondary N) is 7. The predicted octanol–water partition coefficient (Wildman–Crippen LogP) is 3.08. The molecule has 1 saturated heterocycles. The maximum atomic E-state index is 13.8. The molecule has 1 heterocycles. The third-order valence-corrected chi connectivity index (χ3v) is 11.0. The van der Waals surface area contributed by atoms with Gasteiger partial charge in [0.2, 0.25) is 41.4 Å². The second kappa shape index (κ2) is 27.6. The van der Waals surface area contributed by atoms with Crippen molar-refractivity contribution in [2.24, 2.45) is 35.5 Å². The van der Waals surface area contributed by atoms with Gasteiger partial charge < -0.3 is 51.6 Å². The molecule has 0 saturated carbocycles. The van der Waals surface area contributed by atoms with Crippen molar-refractivity contribution in [2.75, 3.05) is 20.2 Å². The van der Waals surface area contributed by atoms with Gasteiger partial charge in [-0.05, 0) is 82.0 Å². The van der Waals surface area contributed by atoms with Gasteiger partial charge in [-0.2, -0.15) is 0 Å². The largest absolute Gasteiger partial charge is 0.467 e. The monoisotopic (exact) mass is 937 g/mol. The number of amides is 8. The summed E-state index contributed by atoms with van der Waals surface area (Å²) in [4.78, 5) is 121. The van der Waals surface area contributed by atoms with Gasteiger partial charge in [0.1, 0.15) is 35.8 Å². The van der Waals surface area contributed by atoms with Crippen LogP contribution in [0, 0.1) is 35.5 Å². The number of nitrogens with zero attached hydrogens (tertiary/aromatic N) is 1. The van der Waals surface area contributed by atoms with Crippen molar-refractivity contribution in [3.05, 3.63) is 0 Å². The van der Waals surface area contributed by atoms with Crippen molar-refractivity contribution in [3.8, 4) is 0 Å². The van der Waals surface area contributed by atoms with Gasteiger partial charge >= 0.3 is 12.1 Å². The van der Waals surface area contributed by atoms with E-state index in [4.69, 9.17) is 9.47 Å². The molecule has 19 nitrogen and oxygen atoms in total. The Hall–Kier alpha value is -4.97. The Morgan fingerprint density at radius 3 is 1.64 bits per heavy atom. The molecule has 0 spiro atoms. The van der Waals surface area contributed by atoms with Gasteiger partial charge in [0, 0.05) is 31.5 Å². The van der Waals surface area contributed by atoms with E-state index in [-0.39, 0.29) is 54.3 Å². The topological polar surface area (TPSA) is 260 Å². The van der Waals surface area contributed by atoms with Gasteiger partial charge in [-0.25, -0.2) is 9.59 Å². The number of hydrogen-bond donors (Lipinski definition) is 7. The van der Waals surface area contributed by atoms with Crippen molar-refractivity contribution in [1.29, 1.82) is 0 Å². The Morgan fingerprint density at radius 1 is 0.606 bits per heavy atom. The standard InChI is InChI=1S/C47H84N8O11/c1-25(2)20-31(22-35(56)52-38(28(7)8)44(62)54-40(30(11)12)45(63)65-16)49-36(57)24-48-42(60)34-18-17-19-55(34)37(58)23-32(27(5)6)50-43(61)39(29(9)10)53-41(59)33(21-26(3)4)51-46(64)66-47(13,14)15/h25-34,38-40H,17-24H2,1-16H3,(H,48,60)(H,49,57)(H,50,61)(H,51,64)(H,52,56)(H,53,59)(H,54,62)/t31-,32-,33-,34+,38-,39-,40-/m0/s1. The minimum Gasteiger partial charge on any atom is -0.467 e. The molecule has 1 fully saturated rings. The number of hydrogen-bond acceptors (Lipinski definition) is 11. The van der Waals surface area contributed by atoms with Crippen LogP contribution in [0.3, 0.4) is 0 Å². The van der Waals surface area contributed by atoms with E-state index >= 15 is 0 Å². The highest BCUT2D eigenvalue weighted by atomic mass is 16.6. The first-order chi connectivity index (χ1) is 30.5. The predicted molar refractivity (Wildman–Crippen MR) is 250 cm³/mol. The average molecular weight is 937 g/mol. The lowest BCUT2D eigenvalue weighted by Crippen LogP contribution is -2.58. The lowest BCUT2D eigenvalue weighted by atomic mass is 9.96. The van der Waals surface area contributed by atoms with Gasteiger partial charge in [0.15, 0.2) is 0 Å². The Labute approximate surface area is 393 Å². The third-order valence-electron chi connectivity index (χ3n) is 11.0. The van der Waals surface area contributed by atoms with E-state index in [1.807, 2.05) is 41.5 Å². The van der Waals surface area contributed by atoms with Crippen molar-refractivity contribution >= 4 is 53.4 Å². The van der Waals surface area contributed by atoms with Gasteiger partial charge in [0.05, 0.1) is 13.7 Å². The normalized spacial score (nSPS) is 16.8. The fourth-order valence-corrected chi connectivity index (χ4v) is 7.50. The summed E-state index contributed by atoms with van der Waals surface area (Å²) in [7, 11) is 1.23. The molecule has 0 bridgehead atoms. The number of methoxy groups -OCH3 is 1. The van der Waals surface area contributed by atoms with Gasteiger partial charge in [-0.15, -0.1) is 0 Å². The summed E-state index contributed by atoms with van der Waals surface area (Å²) in [6.45, 7) is 27.0. The first-order valence-electron chi connectivity index (χ1n) is 23.6. The number of rotatable bonds is 25. The second-order valence-corrected chi connectivity index (χ2v) is 20.7. The van der Waals surface area contributed by atoms with Gasteiger partial charge in [0.25, 0.3) is 0 Å². The van der Waals surface area contributed by atoms with Gasteiger partial charge in [-0.1, -0.05) is 83.1 Å². The van der Waals surface area contributed by atoms with Crippen LogP contribution >= 0.6 is 0 Å². The molecule has 0 aromatic rings. The fraction of sp³-hybridized carbons (Fsp3) is 0.809. The molecule has 0 aromatic heterocycles. The van der Waals surface area contributed by atoms with Crippen LogP contribution in [0.1, 0.15) is 142 Å². The highest BCUT2D eigenvalue weighted by molar-refractivity contribution is 5.94. The molecule has 7 N–H and O–H groups in total. The maximum absolute atomic E-state index is 13.8. The smallest absolute Gasteiger partial charge is 0.408 e. The van der Waals surface area contributed by atoms with Crippen molar-refractivity contribution in [2.45, 2.75) is 190 Å². The molecule has 8 amide bonds. The molecular weight excluding hydrogens is 853 g/mol. The van der Waals surface area contributed by atoms with Crippen LogP contribution in [0.4, 0.5) is 4.79 Å². The number of carbonyl (C=O) groups excluding carboxylic acids is 9. The summed E-state index contributed by atoms with van der Waals surface area (Å²) in [5.41, 5.74) is -0.779. The Bertz CT molecular complexity index is 1660. The Kier molecular flexibility index (Phi) is 24.7. The quantitative estimate of drug-likeness (QED) is 0.0655. The van der Waals surface area contributed by atoms with E-state index in [1.54, 1.807) is 62.3 Å². The van der Waals surface area contributed by atoms with E-state index in [0.717, 1.165) is 0 Å². The average Bonchev–Trinajstić information content (AvgIpc) is 3.68. The van der Waals surface area contributed by atoms with Crippen molar-refractivity contribution < 1.29 is 52.6 Å². The van der Waals surface area contributed by atoms with Crippen LogP contribution in [0.5, 0.6) is 0 Å². The number of carbonyl (C=O) groups is 9. The molecule has 1 aliphatic heterocycles. The molecule has 19 heteroatoms. The fourth-order valence-electron chi connectivity index (χ4n) is 7.50. The maximum Gasteiger partial charge on any atom is 0.408 e. The number of ether oxygens (including phenoxy) is 2. The lowest BCUT2D eigenvalue weighted by Gasteiger charge is -2.31. The molecule has 0 unspecified atom stereocenters. The minimum absolute atomic E-state index is 0.0342. The first-order valence-corrected chi connectivity index (χ1v) is 23.6. The lowest BCUT2D eigenvalue weighted by molar-refractivity contribution is -0.146. The van der Waals surface area contributed by atoms with Crippen LogP contribution in [0.25, 0.3) is 0 Å². The first kappa shape index (κ1) is 59.0. The Morgan fingerprint density at radius 2 is 1.14 bits per heavy atom. The minimum atomic E-state index is -0.990. The molecular formula is C47H84N8O11. The highest BCUT2D eigenvalue weighted by Gasteiger charge is 2.38. The zero-order chi connectivity index (χ0) is 50.8. The van der Waals surface area contributed by atoms with E-state index in [0.29, 0.717) is 32.2 Å². The molecule has 1 rings (SSSR count). The zero-order valence-corrected chi connectivity index (χ0v) is 42.6. The summed E-state index contributed by atoms with van der Waals surface area (Å²) in [6, 6.07) is -5.95. The molecule has 0 aromatic carbocycles. The molecule has 0 aliphatic carbocycles.